The Bertz CT molecular complexity index is 346. The Kier molecular flexibility index (Phi) is 1.72. The minimum atomic E-state index is 0.137. The molecule has 0 aliphatic carbocycles. The molecule has 0 amide bonds. The van der Waals surface area contributed by atoms with Crippen molar-refractivity contribution in [1.29, 1.82) is 5.41 Å². The average molecular weight is 175 g/mol. The molecule has 1 atom stereocenters. The predicted octanol–water partition coefficient (Wildman–Crippen LogP) is 1.33. The normalized spacial score (nSPS) is 20.1. The van der Waals surface area contributed by atoms with Gasteiger partial charge in [0.1, 0.15) is 0 Å². The van der Waals surface area contributed by atoms with Gasteiger partial charge in [-0.25, -0.2) is 0 Å². The molecular weight excluding hydrogens is 162 g/mol. The molecule has 1 unspecified atom stereocenters. The highest BCUT2D eigenvalue weighted by molar-refractivity contribution is 5.95. The van der Waals surface area contributed by atoms with Gasteiger partial charge in [-0.1, -0.05) is 18.2 Å². The minimum absolute atomic E-state index is 0.137. The van der Waals surface area contributed by atoms with Crippen LogP contribution < -0.4 is 10.6 Å². The molecule has 0 fully saturated rings. The Morgan fingerprint density at radius 2 is 2.23 bits per heavy atom. The summed E-state index contributed by atoms with van der Waals surface area (Å²) >= 11 is 0. The largest absolute Gasteiger partial charge is 0.370 e. The molecule has 3 heteroatoms. The van der Waals surface area contributed by atoms with Crippen LogP contribution in [0.2, 0.25) is 0 Å². The maximum atomic E-state index is 7.46. The number of benzene rings is 1. The Labute approximate surface area is 77.7 Å². The van der Waals surface area contributed by atoms with Gasteiger partial charge in [0.15, 0.2) is 5.96 Å². The van der Waals surface area contributed by atoms with E-state index in [1.807, 2.05) is 23.1 Å². The molecule has 3 N–H and O–H groups in total. The molecule has 0 saturated carbocycles. The molecule has 0 radical (unpaired) electrons. The maximum absolute atomic E-state index is 7.46. The quantitative estimate of drug-likeness (QED) is 0.461. The van der Waals surface area contributed by atoms with Gasteiger partial charge in [0.25, 0.3) is 0 Å². The van der Waals surface area contributed by atoms with Gasteiger partial charge in [-0.2, -0.15) is 0 Å². The van der Waals surface area contributed by atoms with E-state index in [4.69, 9.17) is 11.1 Å². The smallest absolute Gasteiger partial charge is 0.193 e. The van der Waals surface area contributed by atoms with Crippen molar-refractivity contribution in [1.82, 2.24) is 0 Å². The van der Waals surface area contributed by atoms with Crippen LogP contribution in [-0.2, 0) is 6.42 Å². The van der Waals surface area contributed by atoms with E-state index in [-0.39, 0.29) is 5.96 Å². The van der Waals surface area contributed by atoms with Gasteiger partial charge in [-0.3, -0.25) is 5.41 Å². The van der Waals surface area contributed by atoms with Crippen molar-refractivity contribution in [2.24, 2.45) is 5.73 Å². The highest BCUT2D eigenvalue weighted by Crippen LogP contribution is 2.30. The second-order valence-electron chi connectivity index (χ2n) is 3.44. The van der Waals surface area contributed by atoms with Gasteiger partial charge in [-0.15, -0.1) is 0 Å². The summed E-state index contributed by atoms with van der Waals surface area (Å²) in [5.41, 5.74) is 7.88. The van der Waals surface area contributed by atoms with Crippen molar-refractivity contribution in [3.05, 3.63) is 29.8 Å². The third-order valence-corrected chi connectivity index (χ3v) is 2.47. The molecule has 2 rings (SSSR count). The molecule has 0 aromatic heterocycles. The monoisotopic (exact) mass is 175 g/mol. The first-order valence-corrected chi connectivity index (χ1v) is 4.41. The van der Waals surface area contributed by atoms with E-state index in [9.17, 15) is 0 Å². The van der Waals surface area contributed by atoms with E-state index in [0.717, 1.165) is 12.1 Å². The third kappa shape index (κ3) is 1.16. The molecule has 1 aromatic carbocycles. The lowest BCUT2D eigenvalue weighted by atomic mass is 10.1. The molecule has 1 aliphatic heterocycles. The minimum Gasteiger partial charge on any atom is -0.370 e. The van der Waals surface area contributed by atoms with Crippen LogP contribution >= 0.6 is 0 Å². The molecule has 1 aliphatic rings. The van der Waals surface area contributed by atoms with Crippen LogP contribution in [0.1, 0.15) is 12.5 Å². The average Bonchev–Trinajstić information content (AvgIpc) is 2.39. The number of rotatable bonds is 0. The van der Waals surface area contributed by atoms with Gasteiger partial charge in [-0.05, 0) is 25.0 Å². The summed E-state index contributed by atoms with van der Waals surface area (Å²) in [7, 11) is 0. The molecule has 68 valence electrons. The number of fused-ring (bicyclic) bond motifs is 1. The van der Waals surface area contributed by atoms with Crippen LogP contribution in [0.25, 0.3) is 0 Å². The van der Waals surface area contributed by atoms with Crippen molar-refractivity contribution in [3.63, 3.8) is 0 Å². The first kappa shape index (κ1) is 8.10. The van der Waals surface area contributed by atoms with Crippen LogP contribution in [0, 0.1) is 5.41 Å². The lowest BCUT2D eigenvalue weighted by Crippen LogP contribution is -2.40. The van der Waals surface area contributed by atoms with Crippen LogP contribution in [0.4, 0.5) is 5.69 Å². The van der Waals surface area contributed by atoms with Crippen molar-refractivity contribution in [2.75, 3.05) is 4.90 Å². The van der Waals surface area contributed by atoms with E-state index >= 15 is 0 Å². The number of nitrogens with zero attached hydrogens (tertiary/aromatic N) is 1. The van der Waals surface area contributed by atoms with E-state index in [1.165, 1.54) is 5.56 Å². The molecule has 0 saturated heterocycles. The number of hydrogen-bond donors (Lipinski definition) is 2. The van der Waals surface area contributed by atoms with Gasteiger partial charge in [0, 0.05) is 11.7 Å². The number of guanidine groups is 1. The lowest BCUT2D eigenvalue weighted by molar-refractivity contribution is 0.767. The van der Waals surface area contributed by atoms with Crippen molar-refractivity contribution >= 4 is 11.6 Å². The number of hydrogen-bond acceptors (Lipinski definition) is 1. The summed E-state index contributed by atoms with van der Waals surface area (Å²) in [5, 5.41) is 7.46. The summed E-state index contributed by atoms with van der Waals surface area (Å²) in [6, 6.07) is 8.42. The molecule has 1 heterocycles. The SMILES string of the molecule is CC1Cc2ccccc2N1C(=N)N. The highest BCUT2D eigenvalue weighted by Gasteiger charge is 2.26. The zero-order chi connectivity index (χ0) is 9.42. The van der Waals surface area contributed by atoms with Crippen molar-refractivity contribution in [3.8, 4) is 0 Å². The van der Waals surface area contributed by atoms with Crippen LogP contribution in [0.15, 0.2) is 24.3 Å². The zero-order valence-corrected chi connectivity index (χ0v) is 7.62. The second-order valence-corrected chi connectivity index (χ2v) is 3.44. The lowest BCUT2D eigenvalue weighted by Gasteiger charge is -2.22. The van der Waals surface area contributed by atoms with Crippen LogP contribution in [-0.4, -0.2) is 12.0 Å². The summed E-state index contributed by atoms with van der Waals surface area (Å²) in [5.74, 6) is 0.137. The third-order valence-electron chi connectivity index (χ3n) is 2.47. The molecule has 3 nitrogen and oxygen atoms in total. The van der Waals surface area contributed by atoms with Crippen LogP contribution in [0.3, 0.4) is 0 Å². The number of nitrogens with two attached hydrogens (primary N) is 1. The molecule has 13 heavy (non-hydrogen) atoms. The molecular formula is C10H13N3. The Morgan fingerprint density at radius 1 is 1.54 bits per heavy atom. The fourth-order valence-electron chi connectivity index (χ4n) is 1.93. The molecule has 1 aromatic rings. The Morgan fingerprint density at radius 3 is 2.92 bits per heavy atom. The maximum Gasteiger partial charge on any atom is 0.193 e. The first-order valence-electron chi connectivity index (χ1n) is 4.41. The Hall–Kier alpha value is -1.51. The Balaban J connectivity index is 2.46. The fourth-order valence-corrected chi connectivity index (χ4v) is 1.93. The van der Waals surface area contributed by atoms with Crippen molar-refractivity contribution in [2.45, 2.75) is 19.4 Å². The highest BCUT2D eigenvalue weighted by atomic mass is 15.3. The van der Waals surface area contributed by atoms with Gasteiger partial charge in [0.05, 0.1) is 0 Å². The first-order chi connectivity index (χ1) is 6.20. The summed E-state index contributed by atoms with van der Waals surface area (Å²) in [6.45, 7) is 2.08. The topological polar surface area (TPSA) is 53.1 Å². The summed E-state index contributed by atoms with van der Waals surface area (Å²) in [6.07, 6.45) is 0.982. The summed E-state index contributed by atoms with van der Waals surface area (Å²) in [4.78, 5) is 1.87. The van der Waals surface area contributed by atoms with E-state index < -0.39 is 0 Å². The van der Waals surface area contributed by atoms with Crippen molar-refractivity contribution < 1.29 is 0 Å². The predicted molar refractivity (Wildman–Crippen MR) is 54.0 cm³/mol. The van der Waals surface area contributed by atoms with Gasteiger partial charge >= 0.3 is 0 Å². The van der Waals surface area contributed by atoms with Gasteiger partial charge in [0.2, 0.25) is 0 Å². The van der Waals surface area contributed by atoms with E-state index in [0.29, 0.717) is 6.04 Å². The summed E-state index contributed by atoms with van der Waals surface area (Å²) < 4.78 is 0. The van der Waals surface area contributed by atoms with E-state index in [1.54, 1.807) is 0 Å². The standard InChI is InChI=1S/C10H13N3/c1-7-6-8-4-2-3-5-9(8)13(7)10(11)12/h2-5,7H,6H2,1H3,(H3,11,12). The van der Waals surface area contributed by atoms with Crippen LogP contribution in [0.5, 0.6) is 0 Å². The second kappa shape index (κ2) is 2.76. The number of nitrogens with one attached hydrogen (secondary N) is 1. The molecule has 0 spiro atoms. The number of para-hydroxylation sites is 1. The zero-order valence-electron chi connectivity index (χ0n) is 7.62. The van der Waals surface area contributed by atoms with E-state index in [2.05, 4.69) is 13.0 Å². The number of anilines is 1. The van der Waals surface area contributed by atoms with Gasteiger partial charge < -0.3 is 10.6 Å². The molecule has 0 bridgehead atoms. The fraction of sp³-hybridized carbons (Fsp3) is 0.300.